The molecule has 0 aliphatic carbocycles. The van der Waals surface area contributed by atoms with Crippen LogP contribution in [-0.4, -0.2) is 18.5 Å². The van der Waals surface area contributed by atoms with Crippen molar-refractivity contribution in [3.05, 3.63) is 0 Å². The summed E-state index contributed by atoms with van der Waals surface area (Å²) in [6.45, 7) is 5.72. The maximum absolute atomic E-state index is 10.7. The van der Waals surface area contributed by atoms with Crippen LogP contribution < -0.4 is 0 Å². The molecule has 0 unspecified atom stereocenters. The summed E-state index contributed by atoms with van der Waals surface area (Å²) in [5.41, 5.74) is -5.53. The zero-order valence-corrected chi connectivity index (χ0v) is 13.2. The van der Waals surface area contributed by atoms with Crippen LogP contribution in [0.1, 0.15) is 27.7 Å². The number of alkyl halides is 3. The Labute approximate surface area is 132 Å². The van der Waals surface area contributed by atoms with Gasteiger partial charge < -0.3 is 0 Å². The summed E-state index contributed by atoms with van der Waals surface area (Å²) in [5, 5.41) is 29.3. The van der Waals surface area contributed by atoms with Crippen LogP contribution >= 0.6 is 0 Å². The minimum Gasteiger partial charge on any atom is -0.279 e. The number of halogens is 3. The Hall–Kier alpha value is -1.82. The van der Waals surface area contributed by atoms with Gasteiger partial charge in [-0.3, -0.25) is 4.55 Å². The molecular weight excluding hydrogens is 365 g/mol. The molecule has 7 nitrogen and oxygen atoms in total. The third-order valence-electron chi connectivity index (χ3n) is 0.292. The molecule has 12 heteroatoms. The molecule has 1 radical (unpaired) electrons. The second kappa shape index (κ2) is 26.7. The third-order valence-corrected chi connectivity index (χ3v) is 0.877. The van der Waals surface area contributed by atoms with Crippen molar-refractivity contribution in [2.45, 2.75) is 33.2 Å². The van der Waals surface area contributed by atoms with E-state index in [1.165, 1.54) is 27.7 Å². The number of hydrogen-bond acceptors (Lipinski definition) is 6. The minimum atomic E-state index is -5.84. The van der Waals surface area contributed by atoms with Gasteiger partial charge in [-0.2, -0.15) is 42.6 Å². The Morgan fingerprint density at radius 1 is 0.810 bits per heavy atom. The summed E-state index contributed by atoms with van der Waals surface area (Å²) in [7, 11) is -5.84. The largest absolute Gasteiger partial charge is 0.522 e. The summed E-state index contributed by atoms with van der Waals surface area (Å²) in [6.07, 6.45) is 0. The fourth-order valence-corrected chi connectivity index (χ4v) is 0. The van der Waals surface area contributed by atoms with Gasteiger partial charge >= 0.3 is 15.6 Å². The Morgan fingerprint density at radius 3 is 0.857 bits per heavy atom. The summed E-state index contributed by atoms with van der Waals surface area (Å²) in [4.78, 5) is 0. The summed E-state index contributed by atoms with van der Waals surface area (Å²) in [6, 6.07) is 7.00. The topological polar surface area (TPSA) is 150 Å². The van der Waals surface area contributed by atoms with E-state index in [1.807, 2.05) is 0 Å². The number of rotatable bonds is 0. The Bertz CT molecular complexity index is 419. The van der Waals surface area contributed by atoms with E-state index in [1.54, 1.807) is 24.3 Å². The molecule has 125 valence electrons. The van der Waals surface area contributed by atoms with E-state index in [4.69, 9.17) is 34.0 Å². The van der Waals surface area contributed by atoms with Crippen molar-refractivity contribution in [1.29, 1.82) is 21.0 Å². The number of nitriles is 4. The molecule has 0 aliphatic rings. The molecule has 0 saturated heterocycles. The molecule has 0 saturated carbocycles. The maximum Gasteiger partial charge on any atom is 0.522 e. The van der Waals surface area contributed by atoms with Crippen LogP contribution in [0.2, 0.25) is 0 Å². The van der Waals surface area contributed by atoms with E-state index in [-0.39, 0.29) is 17.1 Å². The zero-order chi connectivity index (χ0) is 17.8. The summed E-state index contributed by atoms with van der Waals surface area (Å²) >= 11 is 0. The Balaban J connectivity index is -0.0000000369. The Morgan fingerprint density at radius 2 is 0.857 bits per heavy atom. The van der Waals surface area contributed by atoms with E-state index < -0.39 is 15.6 Å². The first-order valence-electron chi connectivity index (χ1n) is 4.18. The fourth-order valence-electron chi connectivity index (χ4n) is 0. The molecule has 0 amide bonds. The van der Waals surface area contributed by atoms with Gasteiger partial charge in [0.25, 0.3) is 0 Å². The molecule has 0 aromatic rings. The SMILES string of the molecule is CC#N.CC#N.CC#N.CC#N.O=S(=O)(O)C(F)(F)F.[Cu]. The predicted molar refractivity (Wildman–Crippen MR) is 62.8 cm³/mol. The molecule has 1 N–H and O–H groups in total. The van der Waals surface area contributed by atoms with Crippen LogP contribution in [0.25, 0.3) is 0 Å². The molecule has 0 aromatic heterocycles. The molecule has 0 fully saturated rings. The van der Waals surface area contributed by atoms with Crippen molar-refractivity contribution >= 4 is 10.1 Å². The summed E-state index contributed by atoms with van der Waals surface area (Å²) in [5.74, 6) is 0. The van der Waals surface area contributed by atoms with E-state index in [0.29, 0.717) is 0 Å². The summed E-state index contributed by atoms with van der Waals surface area (Å²) < 4.78 is 57.5. The van der Waals surface area contributed by atoms with Gasteiger partial charge in [0.15, 0.2) is 0 Å². The van der Waals surface area contributed by atoms with Crippen molar-refractivity contribution in [1.82, 2.24) is 0 Å². The average Bonchev–Trinajstić information content (AvgIpc) is 2.18. The van der Waals surface area contributed by atoms with E-state index in [2.05, 4.69) is 0 Å². The predicted octanol–water partition coefficient (Wildman–Crippen LogP) is 2.51. The second-order valence-corrected chi connectivity index (χ2v) is 3.23. The molecule has 0 heterocycles. The van der Waals surface area contributed by atoms with Gasteiger partial charge in [-0.05, 0) is 0 Å². The molecule has 0 rings (SSSR count). The number of hydrogen-bond donors (Lipinski definition) is 1. The van der Waals surface area contributed by atoms with Crippen molar-refractivity contribution in [2.75, 3.05) is 0 Å². The first-order valence-corrected chi connectivity index (χ1v) is 5.62. The second-order valence-electron chi connectivity index (χ2n) is 1.82. The van der Waals surface area contributed by atoms with Crippen LogP contribution in [0.5, 0.6) is 0 Å². The molecular formula is C9H13CuF3N4O3S. The molecule has 0 bridgehead atoms. The standard InChI is InChI=1S/4C2H3N.CHF3O3S.Cu/c4*1-2-3;2-1(3,4)8(5,6)7;/h4*1H3;(H,5,6,7);. The fraction of sp³-hybridized carbons (Fsp3) is 0.556. The van der Waals surface area contributed by atoms with Crippen LogP contribution in [0.4, 0.5) is 13.2 Å². The van der Waals surface area contributed by atoms with Gasteiger partial charge in [-0.25, -0.2) is 0 Å². The molecule has 0 spiro atoms. The van der Waals surface area contributed by atoms with Gasteiger partial charge in [-0.1, -0.05) is 0 Å². The van der Waals surface area contributed by atoms with Crippen LogP contribution in [-0.2, 0) is 27.2 Å². The first-order chi connectivity index (χ1) is 8.91. The minimum absolute atomic E-state index is 0. The maximum atomic E-state index is 10.7. The average molecular weight is 378 g/mol. The van der Waals surface area contributed by atoms with E-state index in [0.717, 1.165) is 0 Å². The van der Waals surface area contributed by atoms with Gasteiger partial charge in [0, 0.05) is 44.8 Å². The van der Waals surface area contributed by atoms with Crippen LogP contribution in [0, 0.1) is 45.3 Å². The van der Waals surface area contributed by atoms with Gasteiger partial charge in [0.1, 0.15) is 0 Å². The van der Waals surface area contributed by atoms with Crippen molar-refractivity contribution in [3.8, 4) is 24.3 Å². The Kier molecular flexibility index (Phi) is 46.4. The van der Waals surface area contributed by atoms with E-state index >= 15 is 0 Å². The smallest absolute Gasteiger partial charge is 0.279 e. The quantitative estimate of drug-likeness (QED) is 0.387. The van der Waals surface area contributed by atoms with Crippen LogP contribution in [0.3, 0.4) is 0 Å². The molecule has 21 heavy (non-hydrogen) atoms. The van der Waals surface area contributed by atoms with Gasteiger partial charge in [0.05, 0.1) is 24.3 Å². The van der Waals surface area contributed by atoms with Gasteiger partial charge in [-0.15, -0.1) is 0 Å². The van der Waals surface area contributed by atoms with Crippen molar-refractivity contribution in [2.24, 2.45) is 0 Å². The molecule has 0 aliphatic heterocycles. The molecule has 0 aromatic carbocycles. The van der Waals surface area contributed by atoms with Crippen LogP contribution in [0.15, 0.2) is 0 Å². The molecule has 0 atom stereocenters. The van der Waals surface area contributed by atoms with Gasteiger partial charge in [0.2, 0.25) is 0 Å². The van der Waals surface area contributed by atoms with E-state index in [9.17, 15) is 13.2 Å². The normalized spacial score (nSPS) is 6.86. The third kappa shape index (κ3) is 92.3. The van der Waals surface area contributed by atoms with Crippen molar-refractivity contribution in [3.63, 3.8) is 0 Å². The first kappa shape index (κ1) is 36.5. The monoisotopic (exact) mass is 377 g/mol. The zero-order valence-electron chi connectivity index (χ0n) is 11.4. The number of nitrogens with zero attached hydrogens (tertiary/aromatic N) is 4. The van der Waals surface area contributed by atoms with Crippen molar-refractivity contribution < 1.29 is 43.2 Å².